The van der Waals surface area contributed by atoms with Crippen molar-refractivity contribution in [3.05, 3.63) is 78.1 Å². The maximum absolute atomic E-state index is 13.8. The number of halogens is 1. The van der Waals surface area contributed by atoms with E-state index >= 15 is 0 Å². The van der Waals surface area contributed by atoms with Gasteiger partial charge in [-0.1, -0.05) is 25.5 Å². The maximum atomic E-state index is 13.8. The molecule has 0 spiro atoms. The van der Waals surface area contributed by atoms with Crippen LogP contribution in [0.15, 0.2) is 71.6 Å². The number of hydrogen-bond donors (Lipinski definition) is 4. The number of amides is 3. The molecule has 0 fully saturated rings. The highest BCUT2D eigenvalue weighted by Gasteiger charge is 2.35. The fourth-order valence-corrected chi connectivity index (χ4v) is 6.63. The highest BCUT2D eigenvalue weighted by molar-refractivity contribution is 7.89. The number of likely N-dealkylation sites (N-methyl/N-ethyl adjacent to an activating group) is 1. The molecule has 3 atom stereocenters. The summed E-state index contributed by atoms with van der Waals surface area (Å²) in [6.07, 6.45) is 1.59. The monoisotopic (exact) mass is 697 g/mol. The third kappa shape index (κ3) is 9.77. The van der Waals surface area contributed by atoms with Gasteiger partial charge in [-0.3, -0.25) is 14.4 Å². The van der Waals surface area contributed by atoms with Gasteiger partial charge in [0.15, 0.2) is 0 Å². The molecule has 0 radical (unpaired) electrons. The van der Waals surface area contributed by atoms with Crippen molar-refractivity contribution in [3.63, 3.8) is 0 Å². The normalized spacial score (nSPS) is 17.0. The largest absolute Gasteiger partial charge is 0.488 e. The zero-order chi connectivity index (χ0) is 35.7. The first-order valence-electron chi connectivity index (χ1n) is 16.2. The minimum atomic E-state index is -3.98. The molecule has 12 nitrogen and oxygen atoms in total. The van der Waals surface area contributed by atoms with E-state index in [2.05, 4.69) is 10.6 Å². The Hall–Kier alpha value is -4.53. The van der Waals surface area contributed by atoms with Crippen molar-refractivity contribution in [2.45, 2.75) is 63.0 Å². The van der Waals surface area contributed by atoms with Crippen molar-refractivity contribution in [1.29, 1.82) is 0 Å². The van der Waals surface area contributed by atoms with Crippen LogP contribution in [0.2, 0.25) is 0 Å². The zero-order valence-corrected chi connectivity index (χ0v) is 28.7. The van der Waals surface area contributed by atoms with Crippen LogP contribution in [0.1, 0.15) is 56.3 Å². The molecule has 3 amide bonds. The Balaban J connectivity index is 1.40. The third-order valence-corrected chi connectivity index (χ3v) is 10.3. The number of unbranched alkanes of at least 4 members (excludes halogenated alkanes) is 2. The van der Waals surface area contributed by atoms with Crippen LogP contribution in [-0.2, 0) is 19.6 Å². The first-order chi connectivity index (χ1) is 23.3. The van der Waals surface area contributed by atoms with Gasteiger partial charge in [-0.05, 0) is 74.4 Å². The van der Waals surface area contributed by atoms with Gasteiger partial charge in [0.2, 0.25) is 21.8 Å². The molecule has 0 bridgehead atoms. The van der Waals surface area contributed by atoms with Crippen LogP contribution in [-0.4, -0.2) is 79.3 Å². The second-order valence-corrected chi connectivity index (χ2v) is 14.4. The second kappa shape index (κ2) is 16.7. The molecule has 264 valence electrons. The van der Waals surface area contributed by atoms with Gasteiger partial charge in [-0.15, -0.1) is 0 Å². The van der Waals surface area contributed by atoms with Crippen molar-refractivity contribution < 1.29 is 37.0 Å². The molecule has 5 N–H and O–H groups in total. The molecule has 3 aromatic rings. The van der Waals surface area contributed by atoms with Gasteiger partial charge in [-0.25, -0.2) is 12.8 Å². The molecule has 14 heteroatoms. The van der Waals surface area contributed by atoms with E-state index in [9.17, 15) is 32.3 Å². The molecular weight excluding hydrogens is 653 g/mol. The first-order valence-corrected chi connectivity index (χ1v) is 17.6. The molecule has 0 unspecified atom stereocenters. The first kappa shape index (κ1) is 37.3. The topological polar surface area (TPSA) is 171 Å². The Labute approximate surface area is 286 Å². The zero-order valence-electron chi connectivity index (χ0n) is 27.9. The number of ether oxygens (including phenoxy) is 1. The number of carbonyl (C=O) groups excluding carboxylic acids is 3. The molecule has 4 rings (SSSR count). The van der Waals surface area contributed by atoms with E-state index in [0.717, 1.165) is 16.4 Å². The molecule has 1 heterocycles. The van der Waals surface area contributed by atoms with E-state index < -0.39 is 33.9 Å². The number of fused-ring (bicyclic) bond motifs is 1. The third-order valence-electron chi connectivity index (χ3n) is 8.45. The highest BCUT2D eigenvalue weighted by Crippen LogP contribution is 2.31. The van der Waals surface area contributed by atoms with Crippen LogP contribution >= 0.6 is 0 Å². The summed E-state index contributed by atoms with van der Waals surface area (Å²) in [6.45, 7) is 3.34. The summed E-state index contributed by atoms with van der Waals surface area (Å²) >= 11 is 0. The second-order valence-electron chi connectivity index (χ2n) is 12.3. The van der Waals surface area contributed by atoms with E-state index in [4.69, 9.17) is 10.5 Å². The van der Waals surface area contributed by atoms with E-state index in [1.807, 2.05) is 6.92 Å². The SMILES string of the molecule is C[C@H](CO)N1C[C@H](C)[C@H](CN(C)S(=O)(=O)c2ccc(F)cc2)Oc2ccc(NC(=O)CCCCCC(=O)Nc3ccccc3N)cc2C1=O. The maximum Gasteiger partial charge on any atom is 0.258 e. The summed E-state index contributed by atoms with van der Waals surface area (Å²) in [5.41, 5.74) is 7.45. The fourth-order valence-electron chi connectivity index (χ4n) is 5.45. The van der Waals surface area contributed by atoms with Crippen LogP contribution in [0.4, 0.5) is 21.5 Å². The smallest absolute Gasteiger partial charge is 0.258 e. The van der Waals surface area contributed by atoms with Crippen LogP contribution in [0, 0.1) is 11.7 Å². The molecule has 0 aliphatic carbocycles. The van der Waals surface area contributed by atoms with Gasteiger partial charge in [0.1, 0.15) is 17.7 Å². The highest BCUT2D eigenvalue weighted by atomic mass is 32.2. The van der Waals surface area contributed by atoms with Crippen molar-refractivity contribution in [2.24, 2.45) is 5.92 Å². The molecule has 1 aliphatic rings. The number of aliphatic hydroxyl groups excluding tert-OH is 1. The number of para-hydroxylation sites is 2. The predicted octanol–water partition coefficient (Wildman–Crippen LogP) is 4.48. The van der Waals surface area contributed by atoms with Crippen molar-refractivity contribution in [2.75, 3.05) is 43.1 Å². The minimum absolute atomic E-state index is 0.0689. The van der Waals surface area contributed by atoms with Crippen LogP contribution in [0.25, 0.3) is 0 Å². The summed E-state index contributed by atoms with van der Waals surface area (Å²) in [4.78, 5) is 40.2. The van der Waals surface area contributed by atoms with Gasteiger partial charge in [0, 0.05) is 38.0 Å². The number of carbonyl (C=O) groups is 3. The Morgan fingerprint density at radius 1 is 1.04 bits per heavy atom. The number of nitrogens with one attached hydrogen (secondary N) is 2. The molecule has 3 aromatic carbocycles. The number of aliphatic hydroxyl groups is 1. The molecule has 0 saturated heterocycles. The van der Waals surface area contributed by atoms with E-state index in [0.29, 0.717) is 42.7 Å². The molecule has 49 heavy (non-hydrogen) atoms. The lowest BCUT2D eigenvalue weighted by Crippen LogP contribution is -2.50. The number of hydrogen-bond acceptors (Lipinski definition) is 8. The van der Waals surface area contributed by atoms with Crippen LogP contribution in [0.5, 0.6) is 5.75 Å². The Morgan fingerprint density at radius 2 is 1.69 bits per heavy atom. The average molecular weight is 698 g/mol. The van der Waals surface area contributed by atoms with Crippen LogP contribution in [0.3, 0.4) is 0 Å². The van der Waals surface area contributed by atoms with Gasteiger partial charge in [0.05, 0.1) is 41.0 Å². The summed E-state index contributed by atoms with van der Waals surface area (Å²) in [7, 11) is -2.57. The van der Waals surface area contributed by atoms with E-state index in [1.54, 1.807) is 43.3 Å². The Kier molecular flexibility index (Phi) is 12.7. The standard InChI is InChI=1S/C35H44FN5O7S/c1-23-20-41(24(2)22-42)35(45)28-19-26(38-33(43)11-5-4-6-12-34(44)39-30-10-8-7-9-29(30)37)15-18-31(28)48-32(23)21-40(3)49(46,47)27-16-13-25(36)14-17-27/h7-10,13-19,23-24,32,42H,4-6,11-12,20-22,37H2,1-3H3,(H,38,43)(H,39,44)/t23-,24+,32-/m0/s1. The lowest BCUT2D eigenvalue weighted by atomic mass is 9.99. The fraction of sp³-hybridized carbons (Fsp3) is 0.400. The number of anilines is 3. The summed E-state index contributed by atoms with van der Waals surface area (Å²) in [6, 6.07) is 15.7. The number of nitrogens with zero attached hydrogens (tertiary/aromatic N) is 2. The summed E-state index contributed by atoms with van der Waals surface area (Å²) in [5.74, 6) is -1.52. The van der Waals surface area contributed by atoms with Crippen LogP contribution < -0.4 is 21.1 Å². The van der Waals surface area contributed by atoms with E-state index in [1.165, 1.54) is 30.1 Å². The molecule has 0 aromatic heterocycles. The van der Waals surface area contributed by atoms with Crippen molar-refractivity contribution >= 4 is 44.8 Å². The lowest BCUT2D eigenvalue weighted by Gasteiger charge is -2.38. The Morgan fingerprint density at radius 3 is 2.35 bits per heavy atom. The predicted molar refractivity (Wildman–Crippen MR) is 185 cm³/mol. The van der Waals surface area contributed by atoms with Gasteiger partial charge in [0.25, 0.3) is 5.91 Å². The average Bonchev–Trinajstić information content (AvgIpc) is 3.07. The molecular formula is C35H44FN5O7S. The number of nitrogen functional groups attached to an aromatic ring is 1. The Bertz CT molecular complexity index is 1740. The number of benzene rings is 3. The minimum Gasteiger partial charge on any atom is -0.488 e. The number of sulfonamides is 1. The quantitative estimate of drug-likeness (QED) is 0.141. The lowest BCUT2D eigenvalue weighted by molar-refractivity contribution is -0.116. The number of rotatable bonds is 14. The molecule has 0 saturated carbocycles. The summed E-state index contributed by atoms with van der Waals surface area (Å²) < 4.78 is 47.4. The molecule has 1 aliphatic heterocycles. The van der Waals surface area contributed by atoms with E-state index in [-0.39, 0.29) is 60.1 Å². The van der Waals surface area contributed by atoms with Crippen molar-refractivity contribution in [1.82, 2.24) is 9.21 Å². The number of nitrogens with two attached hydrogens (primary N) is 1. The van der Waals surface area contributed by atoms with Crippen molar-refractivity contribution in [3.8, 4) is 5.75 Å². The van der Waals surface area contributed by atoms with Gasteiger partial charge in [-0.2, -0.15) is 4.31 Å². The summed E-state index contributed by atoms with van der Waals surface area (Å²) in [5, 5.41) is 15.5. The van der Waals surface area contributed by atoms with Gasteiger partial charge >= 0.3 is 0 Å². The van der Waals surface area contributed by atoms with Gasteiger partial charge < -0.3 is 31.1 Å².